The molecule has 1 rings (SSSR count). The Bertz CT molecular complexity index is 394. The summed E-state index contributed by atoms with van der Waals surface area (Å²) in [7, 11) is 0. The SMILES string of the molecule is CCCNC(=O)Cn1ccc(C(=O)C(C)C)c1. The Balaban J connectivity index is 2.57. The van der Waals surface area contributed by atoms with E-state index in [0.29, 0.717) is 12.1 Å². The fraction of sp³-hybridized carbons (Fsp3) is 0.538. The average Bonchev–Trinajstić information content (AvgIpc) is 2.73. The Labute approximate surface area is 102 Å². The molecule has 4 heteroatoms. The van der Waals surface area contributed by atoms with E-state index < -0.39 is 0 Å². The van der Waals surface area contributed by atoms with Crippen molar-refractivity contribution in [2.24, 2.45) is 5.92 Å². The zero-order valence-electron chi connectivity index (χ0n) is 10.7. The normalized spacial score (nSPS) is 10.6. The van der Waals surface area contributed by atoms with E-state index in [2.05, 4.69) is 5.32 Å². The molecule has 1 amide bonds. The van der Waals surface area contributed by atoms with Crippen LogP contribution < -0.4 is 5.32 Å². The van der Waals surface area contributed by atoms with Crippen LogP contribution in [0.15, 0.2) is 18.5 Å². The Morgan fingerprint density at radius 2 is 2.12 bits per heavy atom. The lowest BCUT2D eigenvalue weighted by molar-refractivity contribution is -0.121. The monoisotopic (exact) mass is 236 g/mol. The summed E-state index contributed by atoms with van der Waals surface area (Å²) >= 11 is 0. The standard InChI is InChI=1S/C13H20N2O2/c1-4-6-14-12(16)9-15-7-5-11(8-15)13(17)10(2)3/h5,7-8,10H,4,6,9H2,1-3H3,(H,14,16). The molecule has 0 fully saturated rings. The maximum Gasteiger partial charge on any atom is 0.239 e. The number of hydrogen-bond donors (Lipinski definition) is 1. The van der Waals surface area contributed by atoms with Crippen molar-refractivity contribution in [2.75, 3.05) is 6.54 Å². The maximum atomic E-state index is 11.7. The van der Waals surface area contributed by atoms with Gasteiger partial charge in [-0.3, -0.25) is 9.59 Å². The number of carbonyl (C=O) groups is 2. The van der Waals surface area contributed by atoms with Crippen LogP contribution in [-0.2, 0) is 11.3 Å². The summed E-state index contributed by atoms with van der Waals surface area (Å²) in [6.07, 6.45) is 4.42. The molecule has 0 saturated heterocycles. The zero-order valence-corrected chi connectivity index (χ0v) is 10.7. The third kappa shape index (κ3) is 4.06. The summed E-state index contributed by atoms with van der Waals surface area (Å²) in [5.41, 5.74) is 0.670. The van der Waals surface area contributed by atoms with Crippen LogP contribution >= 0.6 is 0 Å². The van der Waals surface area contributed by atoms with Crippen molar-refractivity contribution in [3.8, 4) is 0 Å². The molecule has 1 aromatic heterocycles. The van der Waals surface area contributed by atoms with Crippen molar-refractivity contribution < 1.29 is 9.59 Å². The molecular formula is C13H20N2O2. The first-order valence-electron chi connectivity index (χ1n) is 6.01. The smallest absolute Gasteiger partial charge is 0.239 e. The van der Waals surface area contributed by atoms with Crippen LogP contribution in [0, 0.1) is 5.92 Å². The summed E-state index contributed by atoms with van der Waals surface area (Å²) in [4.78, 5) is 23.2. The van der Waals surface area contributed by atoms with Crippen LogP contribution in [0.25, 0.3) is 0 Å². The molecule has 0 aromatic carbocycles. The van der Waals surface area contributed by atoms with Crippen molar-refractivity contribution in [1.82, 2.24) is 9.88 Å². The molecule has 0 atom stereocenters. The molecule has 4 nitrogen and oxygen atoms in total. The fourth-order valence-electron chi connectivity index (χ4n) is 1.50. The van der Waals surface area contributed by atoms with E-state index in [0.717, 1.165) is 6.42 Å². The highest BCUT2D eigenvalue weighted by molar-refractivity contribution is 5.97. The van der Waals surface area contributed by atoms with Gasteiger partial charge in [-0.25, -0.2) is 0 Å². The molecule has 0 spiro atoms. The average molecular weight is 236 g/mol. The van der Waals surface area contributed by atoms with Crippen LogP contribution in [0.3, 0.4) is 0 Å². The number of rotatable bonds is 6. The van der Waals surface area contributed by atoms with E-state index in [1.807, 2.05) is 20.8 Å². The van der Waals surface area contributed by atoms with Gasteiger partial charge < -0.3 is 9.88 Å². The summed E-state index contributed by atoms with van der Waals surface area (Å²) in [5.74, 6) is 0.0727. The van der Waals surface area contributed by atoms with Gasteiger partial charge in [-0.2, -0.15) is 0 Å². The van der Waals surface area contributed by atoms with E-state index in [4.69, 9.17) is 0 Å². The topological polar surface area (TPSA) is 51.1 Å². The Morgan fingerprint density at radius 1 is 1.41 bits per heavy atom. The first-order valence-corrected chi connectivity index (χ1v) is 6.01. The summed E-state index contributed by atoms with van der Waals surface area (Å²) in [6.45, 7) is 6.71. The van der Waals surface area contributed by atoms with Gasteiger partial charge in [-0.15, -0.1) is 0 Å². The van der Waals surface area contributed by atoms with Crippen LogP contribution in [0.2, 0.25) is 0 Å². The predicted molar refractivity (Wildman–Crippen MR) is 66.9 cm³/mol. The molecule has 0 unspecified atom stereocenters. The largest absolute Gasteiger partial charge is 0.355 e. The van der Waals surface area contributed by atoms with E-state index in [9.17, 15) is 9.59 Å². The highest BCUT2D eigenvalue weighted by Crippen LogP contribution is 2.08. The number of hydrogen-bond acceptors (Lipinski definition) is 2. The van der Waals surface area contributed by atoms with Crippen molar-refractivity contribution in [2.45, 2.75) is 33.7 Å². The molecule has 0 aliphatic heterocycles. The van der Waals surface area contributed by atoms with E-state index in [-0.39, 0.29) is 24.2 Å². The van der Waals surface area contributed by atoms with Gasteiger partial charge in [0.05, 0.1) is 0 Å². The Morgan fingerprint density at radius 3 is 2.71 bits per heavy atom. The lowest BCUT2D eigenvalue weighted by Crippen LogP contribution is -2.27. The molecular weight excluding hydrogens is 216 g/mol. The first kappa shape index (κ1) is 13.5. The minimum atomic E-state index is -0.0222. The van der Waals surface area contributed by atoms with Gasteiger partial charge in [0.15, 0.2) is 5.78 Å². The molecule has 17 heavy (non-hydrogen) atoms. The fourth-order valence-corrected chi connectivity index (χ4v) is 1.50. The molecule has 0 bridgehead atoms. The summed E-state index contributed by atoms with van der Waals surface area (Å²) in [6, 6.07) is 1.76. The van der Waals surface area contributed by atoms with Crippen LogP contribution in [0.4, 0.5) is 0 Å². The highest BCUT2D eigenvalue weighted by atomic mass is 16.2. The number of carbonyl (C=O) groups excluding carboxylic acids is 2. The summed E-state index contributed by atoms with van der Waals surface area (Å²) in [5, 5.41) is 2.80. The second-order valence-electron chi connectivity index (χ2n) is 4.44. The van der Waals surface area contributed by atoms with Gasteiger partial charge in [0.1, 0.15) is 6.54 Å². The summed E-state index contributed by atoms with van der Waals surface area (Å²) < 4.78 is 1.74. The number of aromatic nitrogens is 1. The van der Waals surface area contributed by atoms with E-state index >= 15 is 0 Å². The van der Waals surface area contributed by atoms with Gasteiger partial charge in [0.2, 0.25) is 5.91 Å². The van der Waals surface area contributed by atoms with Crippen LogP contribution in [-0.4, -0.2) is 22.8 Å². The molecule has 0 radical (unpaired) electrons. The number of nitrogens with zero attached hydrogens (tertiary/aromatic N) is 1. The van der Waals surface area contributed by atoms with Crippen LogP contribution in [0.1, 0.15) is 37.6 Å². The second kappa shape index (κ2) is 6.23. The molecule has 1 N–H and O–H groups in total. The van der Waals surface area contributed by atoms with E-state index in [1.54, 1.807) is 23.0 Å². The number of ketones is 1. The first-order chi connectivity index (χ1) is 8.04. The minimum absolute atomic E-state index is 0.0141. The van der Waals surface area contributed by atoms with Gasteiger partial charge >= 0.3 is 0 Å². The second-order valence-corrected chi connectivity index (χ2v) is 4.44. The van der Waals surface area contributed by atoms with E-state index in [1.165, 1.54) is 0 Å². The lowest BCUT2D eigenvalue weighted by Gasteiger charge is -2.04. The van der Waals surface area contributed by atoms with Crippen molar-refractivity contribution >= 4 is 11.7 Å². The van der Waals surface area contributed by atoms with Crippen LogP contribution in [0.5, 0.6) is 0 Å². The molecule has 0 aliphatic carbocycles. The zero-order chi connectivity index (χ0) is 12.8. The van der Waals surface area contributed by atoms with Gasteiger partial charge in [-0.1, -0.05) is 20.8 Å². The third-order valence-electron chi connectivity index (χ3n) is 2.46. The Hall–Kier alpha value is -1.58. The molecule has 94 valence electrons. The maximum absolute atomic E-state index is 11.7. The third-order valence-corrected chi connectivity index (χ3v) is 2.46. The van der Waals surface area contributed by atoms with Gasteiger partial charge in [0.25, 0.3) is 0 Å². The predicted octanol–water partition coefficient (Wildman–Crippen LogP) is 1.85. The Kier molecular flexibility index (Phi) is 4.94. The quantitative estimate of drug-likeness (QED) is 0.766. The van der Waals surface area contributed by atoms with Crippen molar-refractivity contribution in [3.63, 3.8) is 0 Å². The highest BCUT2D eigenvalue weighted by Gasteiger charge is 2.12. The number of nitrogens with one attached hydrogen (secondary N) is 1. The molecule has 1 aromatic rings. The minimum Gasteiger partial charge on any atom is -0.355 e. The molecule has 0 saturated carbocycles. The van der Waals surface area contributed by atoms with Gasteiger partial charge in [-0.05, 0) is 12.5 Å². The van der Waals surface area contributed by atoms with Crippen molar-refractivity contribution in [3.05, 3.63) is 24.0 Å². The molecule has 1 heterocycles. The number of Topliss-reactive ketones (excluding diaryl/α,β-unsaturated/α-hetero) is 1. The van der Waals surface area contributed by atoms with Gasteiger partial charge in [0, 0.05) is 30.4 Å². The number of amides is 1. The lowest BCUT2D eigenvalue weighted by atomic mass is 10.0. The molecule has 0 aliphatic rings. The van der Waals surface area contributed by atoms with Crippen molar-refractivity contribution in [1.29, 1.82) is 0 Å².